The first-order chi connectivity index (χ1) is 18.4. The number of allylic oxidation sites excluding steroid dienone is 3. The van der Waals surface area contributed by atoms with Crippen molar-refractivity contribution in [1.29, 1.82) is 5.26 Å². The molecule has 4 heteroatoms. The lowest BCUT2D eigenvalue weighted by Crippen LogP contribution is -2.29. The van der Waals surface area contributed by atoms with Crippen molar-refractivity contribution in [3.63, 3.8) is 0 Å². The van der Waals surface area contributed by atoms with Crippen LogP contribution in [0.1, 0.15) is 74.6 Å². The van der Waals surface area contributed by atoms with Crippen LogP contribution >= 0.6 is 0 Å². The van der Waals surface area contributed by atoms with E-state index in [-0.39, 0.29) is 0 Å². The Morgan fingerprint density at radius 3 is 2.53 bits per heavy atom. The summed E-state index contributed by atoms with van der Waals surface area (Å²) in [6.07, 6.45) is 13.6. The lowest BCUT2D eigenvalue weighted by atomic mass is 9.91. The van der Waals surface area contributed by atoms with E-state index in [9.17, 15) is 0 Å². The van der Waals surface area contributed by atoms with E-state index in [0.717, 1.165) is 53.7 Å². The molecule has 198 valence electrons. The largest absolute Gasteiger partial charge is 0.371 e. The third-order valence-corrected chi connectivity index (χ3v) is 7.08. The molecule has 1 aliphatic heterocycles. The molecule has 0 bridgehead atoms. The summed E-state index contributed by atoms with van der Waals surface area (Å²) < 4.78 is 0. The number of nitrogens with zero attached hydrogens (tertiary/aromatic N) is 3. The van der Waals surface area contributed by atoms with Gasteiger partial charge in [0.05, 0.1) is 11.6 Å². The quantitative estimate of drug-likeness (QED) is 0.264. The fraction of sp³-hybridized carbons (Fsp3) is 0.353. The fourth-order valence-electron chi connectivity index (χ4n) is 4.81. The Balaban J connectivity index is 1.57. The maximum absolute atomic E-state index is 9.13. The van der Waals surface area contributed by atoms with E-state index in [4.69, 9.17) is 10.3 Å². The van der Waals surface area contributed by atoms with E-state index in [1.165, 1.54) is 43.2 Å². The van der Waals surface area contributed by atoms with Gasteiger partial charge in [0.1, 0.15) is 5.84 Å². The smallest absolute Gasteiger partial charge is 0.133 e. The molecule has 0 unspecified atom stereocenters. The van der Waals surface area contributed by atoms with E-state index >= 15 is 0 Å². The van der Waals surface area contributed by atoms with E-state index in [1.54, 1.807) is 6.07 Å². The molecule has 0 saturated heterocycles. The van der Waals surface area contributed by atoms with Crippen molar-refractivity contribution in [2.45, 2.75) is 58.9 Å². The molecule has 0 atom stereocenters. The second-order valence-corrected chi connectivity index (χ2v) is 10.2. The zero-order valence-electron chi connectivity index (χ0n) is 23.3. The number of nitriles is 1. The van der Waals surface area contributed by atoms with Crippen molar-refractivity contribution in [3.8, 4) is 6.07 Å². The van der Waals surface area contributed by atoms with Crippen LogP contribution in [0.15, 0.2) is 96.3 Å². The highest BCUT2D eigenvalue weighted by Gasteiger charge is 2.13. The number of rotatable bonds is 14. The SMILES string of the molecule is C=C(/C=C\C(=C)N(C)Cc1cccc(C2=NC=C(CCC(CCC)CCC)CN2)c1)c1cccc(C#N)c1. The van der Waals surface area contributed by atoms with Gasteiger partial charge in [-0.3, -0.25) is 0 Å². The first kappa shape index (κ1) is 28.7. The van der Waals surface area contributed by atoms with Gasteiger partial charge in [0, 0.05) is 37.6 Å². The minimum atomic E-state index is 0.629. The summed E-state index contributed by atoms with van der Waals surface area (Å²) in [7, 11) is 2.04. The van der Waals surface area contributed by atoms with Crippen LogP contribution in [0, 0.1) is 17.2 Å². The van der Waals surface area contributed by atoms with E-state index in [0.29, 0.717) is 5.56 Å². The second kappa shape index (κ2) is 14.8. The normalized spacial score (nSPS) is 13.0. The monoisotopic (exact) mass is 506 g/mol. The molecule has 1 aliphatic rings. The Labute approximate surface area is 229 Å². The van der Waals surface area contributed by atoms with Crippen LogP contribution in [0.5, 0.6) is 0 Å². The first-order valence-electron chi connectivity index (χ1n) is 13.8. The van der Waals surface area contributed by atoms with E-state index in [2.05, 4.69) is 73.8 Å². The second-order valence-electron chi connectivity index (χ2n) is 10.2. The van der Waals surface area contributed by atoms with Crippen molar-refractivity contribution in [3.05, 3.63) is 114 Å². The molecule has 0 fully saturated rings. The molecule has 4 nitrogen and oxygen atoms in total. The van der Waals surface area contributed by atoms with Gasteiger partial charge < -0.3 is 10.2 Å². The van der Waals surface area contributed by atoms with Crippen LogP contribution in [0.3, 0.4) is 0 Å². The van der Waals surface area contributed by atoms with Crippen molar-refractivity contribution in [2.24, 2.45) is 10.9 Å². The maximum Gasteiger partial charge on any atom is 0.133 e. The number of nitrogens with one attached hydrogen (secondary N) is 1. The molecule has 1 N–H and O–H groups in total. The molecule has 38 heavy (non-hydrogen) atoms. The maximum atomic E-state index is 9.13. The predicted molar refractivity (Wildman–Crippen MR) is 162 cm³/mol. The number of likely N-dealkylation sites (N-methyl/N-ethyl adjacent to an activating group) is 1. The molecule has 0 radical (unpaired) electrons. The Kier molecular flexibility index (Phi) is 11.2. The fourth-order valence-corrected chi connectivity index (χ4v) is 4.81. The molecule has 0 amide bonds. The highest BCUT2D eigenvalue weighted by molar-refractivity contribution is 5.99. The number of hydrogen-bond acceptors (Lipinski definition) is 4. The summed E-state index contributed by atoms with van der Waals surface area (Å²) in [5, 5.41) is 12.7. The van der Waals surface area contributed by atoms with Crippen LogP contribution in [-0.2, 0) is 6.54 Å². The van der Waals surface area contributed by atoms with Gasteiger partial charge in [-0.25, -0.2) is 4.99 Å². The molecular weight excluding hydrogens is 464 g/mol. The van der Waals surface area contributed by atoms with Gasteiger partial charge in [-0.05, 0) is 65.3 Å². The van der Waals surface area contributed by atoms with Gasteiger partial charge in [-0.15, -0.1) is 0 Å². The standard InChI is InChI=1S/C34H42N4/c1-6-10-28(11-7-2)18-19-31-23-36-34(37-24-31)33-15-9-13-30(21-33)25-38(5)27(4)17-16-26(3)32-14-8-12-29(20-32)22-35/h8-9,12-17,20-21,23,28H,3-4,6-7,10-11,18-19,24-25H2,1-2,5H3,(H,36,37)/b17-16-. The zero-order valence-corrected chi connectivity index (χ0v) is 23.3. The summed E-state index contributed by atoms with van der Waals surface area (Å²) in [5.41, 5.74) is 6.99. The molecule has 3 rings (SSSR count). The van der Waals surface area contributed by atoms with E-state index in [1.807, 2.05) is 37.4 Å². The Hall–Kier alpha value is -3.84. The third-order valence-electron chi connectivity index (χ3n) is 7.08. The lowest BCUT2D eigenvalue weighted by molar-refractivity contribution is 0.409. The number of aliphatic imine (C=N–C) groups is 1. The Bertz CT molecular complexity index is 1240. The van der Waals surface area contributed by atoms with Crippen molar-refractivity contribution in [1.82, 2.24) is 10.2 Å². The Morgan fingerprint density at radius 2 is 1.84 bits per heavy atom. The Morgan fingerprint density at radius 1 is 1.08 bits per heavy atom. The van der Waals surface area contributed by atoms with Crippen molar-refractivity contribution in [2.75, 3.05) is 13.6 Å². The molecule has 0 aliphatic carbocycles. The number of amidine groups is 1. The average Bonchev–Trinajstić information content (AvgIpc) is 2.95. The summed E-state index contributed by atoms with van der Waals surface area (Å²) in [4.78, 5) is 6.88. The molecule has 0 saturated carbocycles. The highest BCUT2D eigenvalue weighted by atomic mass is 15.1. The topological polar surface area (TPSA) is 51.4 Å². The van der Waals surface area contributed by atoms with Crippen LogP contribution in [0.4, 0.5) is 0 Å². The van der Waals surface area contributed by atoms with Crippen molar-refractivity contribution >= 4 is 11.4 Å². The number of hydrogen-bond donors (Lipinski definition) is 1. The molecular formula is C34H42N4. The van der Waals surface area contributed by atoms with Gasteiger partial charge >= 0.3 is 0 Å². The van der Waals surface area contributed by atoms with Crippen LogP contribution in [0.2, 0.25) is 0 Å². The lowest BCUT2D eigenvalue weighted by Gasteiger charge is -2.21. The minimum absolute atomic E-state index is 0.629. The zero-order chi connectivity index (χ0) is 27.3. The van der Waals surface area contributed by atoms with Gasteiger partial charge in [0.25, 0.3) is 0 Å². The summed E-state index contributed by atoms with van der Waals surface area (Å²) >= 11 is 0. The molecule has 0 spiro atoms. The van der Waals surface area contributed by atoms with E-state index < -0.39 is 0 Å². The predicted octanol–water partition coefficient (Wildman–Crippen LogP) is 8.00. The van der Waals surface area contributed by atoms with Crippen LogP contribution in [-0.4, -0.2) is 24.3 Å². The van der Waals surface area contributed by atoms with Crippen molar-refractivity contribution < 1.29 is 0 Å². The minimum Gasteiger partial charge on any atom is -0.371 e. The first-order valence-corrected chi connectivity index (χ1v) is 13.8. The summed E-state index contributed by atoms with van der Waals surface area (Å²) in [5.74, 6) is 1.77. The molecule has 1 heterocycles. The highest BCUT2D eigenvalue weighted by Crippen LogP contribution is 2.23. The summed E-state index contributed by atoms with van der Waals surface area (Å²) in [6, 6.07) is 18.2. The molecule has 0 aromatic heterocycles. The molecule has 2 aromatic carbocycles. The van der Waals surface area contributed by atoms with Crippen LogP contribution < -0.4 is 5.32 Å². The summed E-state index contributed by atoms with van der Waals surface area (Å²) in [6.45, 7) is 14.5. The van der Waals surface area contributed by atoms with Gasteiger partial charge in [-0.2, -0.15) is 5.26 Å². The van der Waals surface area contributed by atoms with Crippen LogP contribution in [0.25, 0.3) is 5.57 Å². The van der Waals surface area contributed by atoms with Gasteiger partial charge in [0.2, 0.25) is 0 Å². The van der Waals surface area contributed by atoms with Gasteiger partial charge in [0.15, 0.2) is 0 Å². The van der Waals surface area contributed by atoms with Gasteiger partial charge in [-0.1, -0.05) is 89.1 Å². The average molecular weight is 507 g/mol. The molecule has 2 aromatic rings. The third kappa shape index (κ3) is 8.63. The number of benzene rings is 2.